The molecule has 0 aliphatic carbocycles. The maximum absolute atomic E-state index is 13.3. The van der Waals surface area contributed by atoms with E-state index in [0.29, 0.717) is 29.9 Å². The molecule has 3 heterocycles. The van der Waals surface area contributed by atoms with E-state index in [-0.39, 0.29) is 0 Å². The van der Waals surface area contributed by atoms with E-state index in [1.165, 1.54) is 12.1 Å². The molecule has 4 aromatic rings. The van der Waals surface area contributed by atoms with Gasteiger partial charge in [0.25, 0.3) is 0 Å². The van der Waals surface area contributed by atoms with Gasteiger partial charge in [-0.05, 0) is 54.8 Å². The topological polar surface area (TPSA) is 44.3 Å². The van der Waals surface area contributed by atoms with E-state index >= 15 is 0 Å². The molecule has 2 aromatic carbocycles. The first kappa shape index (κ1) is 17.6. The number of hydrogen-bond acceptors (Lipinski definition) is 3. The number of hydrogen-bond donors (Lipinski definition) is 0. The third-order valence-corrected chi connectivity index (χ3v) is 5.53. The first-order valence-corrected chi connectivity index (χ1v) is 9.17. The van der Waals surface area contributed by atoms with Crippen LogP contribution in [0.3, 0.4) is 0 Å². The number of anilines is 2. The summed E-state index contributed by atoms with van der Waals surface area (Å²) in [6.07, 6.45) is -3.76. The van der Waals surface area contributed by atoms with Gasteiger partial charge in [0.15, 0.2) is 5.65 Å². The molecule has 0 atom stereocenters. The van der Waals surface area contributed by atoms with E-state index in [4.69, 9.17) is 0 Å². The molecule has 0 bridgehead atoms. The van der Waals surface area contributed by atoms with Crippen LogP contribution in [0, 0.1) is 18.3 Å². The van der Waals surface area contributed by atoms with Crippen molar-refractivity contribution in [1.82, 2.24) is 9.38 Å². The van der Waals surface area contributed by atoms with E-state index in [9.17, 15) is 18.4 Å². The van der Waals surface area contributed by atoms with Crippen LogP contribution in [0.1, 0.15) is 22.3 Å². The fourth-order valence-corrected chi connectivity index (χ4v) is 4.18. The van der Waals surface area contributed by atoms with Crippen molar-refractivity contribution in [3.8, 4) is 6.07 Å². The SMILES string of the molecule is Cc1c2c(n3c(nc4ccccc43)c1C#N)N(c1cccc(C(F)(F)F)c1)CC2. The summed E-state index contributed by atoms with van der Waals surface area (Å²) >= 11 is 0. The molecule has 4 nitrogen and oxygen atoms in total. The lowest BCUT2D eigenvalue weighted by Gasteiger charge is -2.23. The number of imidazole rings is 1. The zero-order chi connectivity index (χ0) is 20.3. The predicted octanol–water partition coefficient (Wildman–Crippen LogP) is 5.38. The summed E-state index contributed by atoms with van der Waals surface area (Å²) in [6, 6.07) is 15.2. The van der Waals surface area contributed by atoms with Gasteiger partial charge in [-0.1, -0.05) is 18.2 Å². The number of halogens is 3. The lowest BCUT2D eigenvalue weighted by molar-refractivity contribution is -0.137. The number of alkyl halides is 3. The highest BCUT2D eigenvalue weighted by Gasteiger charge is 2.33. The van der Waals surface area contributed by atoms with Crippen molar-refractivity contribution < 1.29 is 13.2 Å². The smallest absolute Gasteiger partial charge is 0.327 e. The monoisotopic (exact) mass is 392 g/mol. The third kappa shape index (κ3) is 2.49. The van der Waals surface area contributed by atoms with E-state index in [2.05, 4.69) is 11.1 Å². The molecule has 0 amide bonds. The second kappa shape index (κ2) is 5.98. The van der Waals surface area contributed by atoms with Gasteiger partial charge in [-0.3, -0.25) is 4.40 Å². The maximum Gasteiger partial charge on any atom is 0.416 e. The minimum atomic E-state index is -4.41. The average Bonchev–Trinajstić information content (AvgIpc) is 3.29. The Kier molecular flexibility index (Phi) is 3.62. The zero-order valence-corrected chi connectivity index (χ0v) is 15.5. The highest BCUT2D eigenvalue weighted by atomic mass is 19.4. The second-order valence-corrected chi connectivity index (χ2v) is 7.12. The summed E-state index contributed by atoms with van der Waals surface area (Å²) in [4.78, 5) is 6.53. The molecule has 0 saturated heterocycles. The van der Waals surface area contributed by atoms with Crippen molar-refractivity contribution in [3.63, 3.8) is 0 Å². The Morgan fingerprint density at radius 1 is 1.10 bits per heavy atom. The van der Waals surface area contributed by atoms with Crippen molar-refractivity contribution >= 4 is 28.2 Å². The molecular weight excluding hydrogens is 377 g/mol. The Morgan fingerprint density at radius 3 is 2.66 bits per heavy atom. The predicted molar refractivity (Wildman–Crippen MR) is 104 cm³/mol. The van der Waals surface area contributed by atoms with E-state index in [1.54, 1.807) is 6.07 Å². The molecular formula is C22H15F3N4. The average molecular weight is 392 g/mol. The number of rotatable bonds is 1. The van der Waals surface area contributed by atoms with Crippen LogP contribution < -0.4 is 4.90 Å². The molecule has 0 fully saturated rings. The highest BCUT2D eigenvalue weighted by molar-refractivity contribution is 5.88. The van der Waals surface area contributed by atoms with E-state index < -0.39 is 11.7 Å². The van der Waals surface area contributed by atoms with Gasteiger partial charge in [-0.25, -0.2) is 4.98 Å². The number of para-hydroxylation sites is 2. The Balaban J connectivity index is 1.84. The summed E-state index contributed by atoms with van der Waals surface area (Å²) in [6.45, 7) is 2.42. The summed E-state index contributed by atoms with van der Waals surface area (Å²) in [5.41, 5.74) is 4.20. The molecule has 0 radical (unpaired) electrons. The summed E-state index contributed by atoms with van der Waals surface area (Å²) in [5.74, 6) is 0.782. The molecule has 0 N–H and O–H groups in total. The van der Waals surface area contributed by atoms with Crippen LogP contribution in [-0.4, -0.2) is 15.9 Å². The zero-order valence-electron chi connectivity index (χ0n) is 15.5. The van der Waals surface area contributed by atoms with Gasteiger partial charge < -0.3 is 4.90 Å². The van der Waals surface area contributed by atoms with Crippen molar-refractivity contribution in [2.24, 2.45) is 0 Å². The van der Waals surface area contributed by atoms with Crippen molar-refractivity contribution in [3.05, 3.63) is 70.8 Å². The van der Waals surface area contributed by atoms with Crippen LogP contribution >= 0.6 is 0 Å². The maximum atomic E-state index is 13.3. The number of nitrogens with zero attached hydrogens (tertiary/aromatic N) is 4. The minimum Gasteiger partial charge on any atom is -0.327 e. The van der Waals surface area contributed by atoms with Gasteiger partial charge in [-0.15, -0.1) is 0 Å². The van der Waals surface area contributed by atoms with Crippen LogP contribution in [0.25, 0.3) is 16.7 Å². The normalized spacial score (nSPS) is 13.8. The Morgan fingerprint density at radius 2 is 1.90 bits per heavy atom. The van der Waals surface area contributed by atoms with Gasteiger partial charge in [0, 0.05) is 12.2 Å². The van der Waals surface area contributed by atoms with Gasteiger partial charge in [0.1, 0.15) is 11.9 Å². The molecule has 144 valence electrons. The standard InChI is InChI=1S/C22H15F3N4/c1-13-16-9-10-28(15-6-4-5-14(11-15)22(23,24)25)21(16)29-19-8-3-2-7-18(19)27-20(29)17(13)12-26/h2-8,11H,9-10H2,1H3. The van der Waals surface area contributed by atoms with Crippen LogP contribution in [0.2, 0.25) is 0 Å². The van der Waals surface area contributed by atoms with E-state index in [0.717, 1.165) is 34.0 Å². The Hall–Kier alpha value is -3.53. The summed E-state index contributed by atoms with van der Waals surface area (Å²) in [7, 11) is 0. The fraction of sp³-hybridized carbons (Fsp3) is 0.182. The Bertz CT molecular complexity index is 1330. The molecule has 2 aromatic heterocycles. The number of nitriles is 1. The molecule has 29 heavy (non-hydrogen) atoms. The van der Waals surface area contributed by atoms with Crippen LogP contribution in [0.5, 0.6) is 0 Å². The molecule has 0 unspecified atom stereocenters. The molecule has 5 rings (SSSR count). The minimum absolute atomic E-state index is 0.474. The van der Waals surface area contributed by atoms with Gasteiger partial charge in [-0.2, -0.15) is 18.4 Å². The quantitative estimate of drug-likeness (QED) is 0.437. The van der Waals surface area contributed by atoms with Crippen LogP contribution in [0.4, 0.5) is 24.7 Å². The number of pyridine rings is 1. The lowest BCUT2D eigenvalue weighted by atomic mass is 10.0. The largest absolute Gasteiger partial charge is 0.416 e. The summed E-state index contributed by atoms with van der Waals surface area (Å²) in [5, 5.41) is 9.74. The molecule has 0 spiro atoms. The number of fused-ring (bicyclic) bond motifs is 5. The van der Waals surface area contributed by atoms with Crippen LogP contribution in [0.15, 0.2) is 48.5 Å². The molecule has 0 saturated carbocycles. The van der Waals surface area contributed by atoms with Crippen molar-refractivity contribution in [2.75, 3.05) is 11.4 Å². The van der Waals surface area contributed by atoms with Gasteiger partial charge in [0.2, 0.25) is 0 Å². The van der Waals surface area contributed by atoms with Crippen molar-refractivity contribution in [2.45, 2.75) is 19.5 Å². The fourth-order valence-electron chi connectivity index (χ4n) is 4.18. The van der Waals surface area contributed by atoms with Crippen LogP contribution in [-0.2, 0) is 12.6 Å². The molecule has 7 heteroatoms. The first-order valence-electron chi connectivity index (χ1n) is 9.17. The lowest BCUT2D eigenvalue weighted by Crippen LogP contribution is -2.17. The Labute approximate surface area is 164 Å². The first-order chi connectivity index (χ1) is 13.9. The number of benzene rings is 2. The molecule has 1 aliphatic rings. The highest BCUT2D eigenvalue weighted by Crippen LogP contribution is 2.41. The van der Waals surface area contributed by atoms with Gasteiger partial charge >= 0.3 is 6.18 Å². The second-order valence-electron chi connectivity index (χ2n) is 7.12. The molecule has 1 aliphatic heterocycles. The van der Waals surface area contributed by atoms with E-state index in [1.807, 2.05) is 40.5 Å². The third-order valence-electron chi connectivity index (χ3n) is 5.53. The summed E-state index contributed by atoms with van der Waals surface area (Å²) < 4.78 is 41.7. The van der Waals surface area contributed by atoms with Crippen molar-refractivity contribution in [1.29, 1.82) is 5.26 Å². The number of aromatic nitrogens is 2. The van der Waals surface area contributed by atoms with Gasteiger partial charge in [0.05, 0.1) is 22.2 Å².